The topological polar surface area (TPSA) is 18.5 Å². The molecule has 1 rings (SSSR count). The van der Waals surface area contributed by atoms with E-state index >= 15 is 0 Å². The molecule has 1 aliphatic rings. The van der Waals surface area contributed by atoms with Crippen LogP contribution in [0.4, 0.5) is 74.6 Å². The molecule has 198 valence electrons. The van der Waals surface area contributed by atoms with Crippen LogP contribution in [-0.2, 0) is 9.47 Å². The van der Waals surface area contributed by atoms with Gasteiger partial charge in [-0.25, -0.2) is 8.78 Å². The van der Waals surface area contributed by atoms with Crippen molar-refractivity contribution in [3.8, 4) is 0 Å². The van der Waals surface area contributed by atoms with Gasteiger partial charge in [-0.3, -0.25) is 0 Å². The van der Waals surface area contributed by atoms with E-state index in [1.165, 1.54) is 0 Å². The smallest absolute Gasteiger partial charge is 0.346 e. The van der Waals surface area contributed by atoms with Gasteiger partial charge in [0.25, 0.3) is 0 Å². The van der Waals surface area contributed by atoms with Crippen molar-refractivity contribution in [3.63, 3.8) is 0 Å². The SMILES string of the molecule is CCCOC1(C(F)(C(F)(F)F)C(F)(F)F)OC(C(F)(C(F)(F)F)C(F)(F)F)CC1C(F)(F)F. The Balaban J connectivity index is 4.06. The highest BCUT2D eigenvalue weighted by Gasteiger charge is 2.91. The summed E-state index contributed by atoms with van der Waals surface area (Å²) in [6.07, 6.45) is -44.8. The van der Waals surface area contributed by atoms with Crippen molar-refractivity contribution < 1.29 is 84.1 Å². The van der Waals surface area contributed by atoms with Crippen LogP contribution in [0.25, 0.3) is 0 Å². The van der Waals surface area contributed by atoms with Crippen molar-refractivity contribution in [2.24, 2.45) is 5.92 Å². The van der Waals surface area contributed by atoms with E-state index in [-0.39, 0.29) is 0 Å². The molecule has 0 aromatic heterocycles. The summed E-state index contributed by atoms with van der Waals surface area (Å²) in [7, 11) is 0. The van der Waals surface area contributed by atoms with Gasteiger partial charge < -0.3 is 9.47 Å². The molecule has 0 aliphatic carbocycles. The van der Waals surface area contributed by atoms with Gasteiger partial charge >= 0.3 is 42.2 Å². The Morgan fingerprint density at radius 2 is 1.09 bits per heavy atom. The maximum absolute atomic E-state index is 14.7. The normalized spacial score (nSPS) is 26.7. The highest BCUT2D eigenvalue weighted by molar-refractivity contribution is 5.17. The van der Waals surface area contributed by atoms with E-state index in [4.69, 9.17) is 0 Å². The monoisotopic (exact) mass is 534 g/mol. The molecule has 19 heteroatoms. The van der Waals surface area contributed by atoms with Crippen LogP contribution >= 0.6 is 0 Å². The predicted molar refractivity (Wildman–Crippen MR) is 69.9 cm³/mol. The number of alkyl halides is 17. The molecule has 0 spiro atoms. The van der Waals surface area contributed by atoms with Crippen molar-refractivity contribution in [3.05, 3.63) is 0 Å². The number of hydrogen-bond donors (Lipinski definition) is 0. The highest BCUT2D eigenvalue weighted by Crippen LogP contribution is 2.65. The minimum Gasteiger partial charge on any atom is -0.346 e. The largest absolute Gasteiger partial charge is 0.437 e. The molecular formula is C14H11F17O2. The molecule has 1 saturated heterocycles. The summed E-state index contributed by atoms with van der Waals surface area (Å²) in [5, 5.41) is 0. The summed E-state index contributed by atoms with van der Waals surface area (Å²) in [4.78, 5) is 0. The zero-order valence-corrected chi connectivity index (χ0v) is 15.5. The van der Waals surface area contributed by atoms with E-state index in [1.54, 1.807) is 0 Å². The van der Waals surface area contributed by atoms with E-state index in [0.717, 1.165) is 6.92 Å². The fraction of sp³-hybridized carbons (Fsp3) is 1.00. The summed E-state index contributed by atoms with van der Waals surface area (Å²) in [5.74, 6) is -10.7. The first-order valence-electron chi connectivity index (χ1n) is 8.28. The van der Waals surface area contributed by atoms with E-state index in [1.807, 2.05) is 0 Å². The van der Waals surface area contributed by atoms with Crippen LogP contribution in [-0.4, -0.2) is 60.7 Å². The maximum Gasteiger partial charge on any atom is 0.437 e. The van der Waals surface area contributed by atoms with Crippen molar-refractivity contribution >= 4 is 0 Å². The average Bonchev–Trinajstić information content (AvgIpc) is 2.95. The second-order valence-electron chi connectivity index (χ2n) is 6.81. The first-order chi connectivity index (χ1) is 14.3. The Hall–Kier alpha value is -1.27. The van der Waals surface area contributed by atoms with Crippen molar-refractivity contribution in [2.45, 2.75) is 73.9 Å². The molecule has 0 N–H and O–H groups in total. The lowest BCUT2D eigenvalue weighted by Crippen LogP contribution is -2.73. The van der Waals surface area contributed by atoms with Crippen molar-refractivity contribution in [2.75, 3.05) is 6.61 Å². The predicted octanol–water partition coefficient (Wildman–Crippen LogP) is 6.74. The summed E-state index contributed by atoms with van der Waals surface area (Å²) in [6, 6.07) is 0. The number of ether oxygens (including phenoxy) is 2. The van der Waals surface area contributed by atoms with Gasteiger partial charge in [-0.2, -0.15) is 65.9 Å². The number of hydrogen-bond acceptors (Lipinski definition) is 2. The van der Waals surface area contributed by atoms with Crippen LogP contribution in [0.1, 0.15) is 19.8 Å². The summed E-state index contributed by atoms with van der Waals surface area (Å²) in [6.45, 7) is -0.886. The lowest BCUT2D eigenvalue weighted by Gasteiger charge is -2.46. The Morgan fingerprint density at radius 3 is 1.36 bits per heavy atom. The second kappa shape index (κ2) is 8.15. The molecule has 0 radical (unpaired) electrons. The third-order valence-electron chi connectivity index (χ3n) is 4.67. The van der Waals surface area contributed by atoms with Crippen LogP contribution in [0.5, 0.6) is 0 Å². The van der Waals surface area contributed by atoms with Gasteiger partial charge in [0, 0.05) is 6.61 Å². The molecule has 0 bridgehead atoms. The van der Waals surface area contributed by atoms with Crippen LogP contribution in [0.3, 0.4) is 0 Å². The van der Waals surface area contributed by atoms with Gasteiger partial charge in [0.05, 0.1) is 0 Å². The molecule has 1 fully saturated rings. The zero-order valence-electron chi connectivity index (χ0n) is 15.5. The molecule has 3 unspecified atom stereocenters. The fourth-order valence-corrected chi connectivity index (χ4v) is 3.19. The molecule has 3 atom stereocenters. The Morgan fingerprint density at radius 1 is 0.697 bits per heavy atom. The van der Waals surface area contributed by atoms with Crippen LogP contribution in [0.2, 0.25) is 0 Å². The number of rotatable bonds is 5. The van der Waals surface area contributed by atoms with Crippen molar-refractivity contribution in [1.29, 1.82) is 0 Å². The molecule has 0 amide bonds. The van der Waals surface area contributed by atoms with Gasteiger partial charge in [-0.05, 0) is 12.8 Å². The molecule has 0 aromatic rings. The summed E-state index contributed by atoms with van der Waals surface area (Å²) < 4.78 is 233. The molecule has 33 heavy (non-hydrogen) atoms. The Kier molecular flexibility index (Phi) is 7.35. The average molecular weight is 534 g/mol. The molecule has 0 saturated carbocycles. The van der Waals surface area contributed by atoms with Crippen LogP contribution in [0.15, 0.2) is 0 Å². The Labute approximate surface area is 172 Å². The third-order valence-corrected chi connectivity index (χ3v) is 4.67. The molecule has 0 aromatic carbocycles. The number of halogens is 17. The van der Waals surface area contributed by atoms with Gasteiger partial charge in [-0.1, -0.05) is 6.92 Å². The zero-order chi connectivity index (χ0) is 26.7. The van der Waals surface area contributed by atoms with Gasteiger partial charge in [0.1, 0.15) is 12.0 Å². The van der Waals surface area contributed by atoms with Crippen LogP contribution in [0, 0.1) is 5.92 Å². The van der Waals surface area contributed by atoms with E-state index in [0.29, 0.717) is 0 Å². The van der Waals surface area contributed by atoms with Gasteiger partial charge in [0.2, 0.25) is 5.79 Å². The second-order valence-corrected chi connectivity index (χ2v) is 6.81. The lowest BCUT2D eigenvalue weighted by molar-refractivity contribution is -0.464. The Bertz CT molecular complexity index is 656. The first kappa shape index (κ1) is 29.8. The minimum atomic E-state index is -7.49. The van der Waals surface area contributed by atoms with Crippen LogP contribution < -0.4 is 0 Å². The molecule has 2 nitrogen and oxygen atoms in total. The van der Waals surface area contributed by atoms with E-state index in [9.17, 15) is 74.6 Å². The summed E-state index contributed by atoms with van der Waals surface area (Å²) in [5.41, 5.74) is -14.3. The molecule has 1 heterocycles. The lowest BCUT2D eigenvalue weighted by atomic mass is 9.80. The summed E-state index contributed by atoms with van der Waals surface area (Å²) >= 11 is 0. The standard InChI is InChI=1S/C14H11F17O2/c1-2-3-32-8(10(19,13(26,27)28)14(29,30)31)5(9(16,17)18)4-6(33-8)7(15,11(20,21)22)12(23,24)25/h5-6H,2-4H2,1H3. The van der Waals surface area contributed by atoms with E-state index in [2.05, 4.69) is 9.47 Å². The maximum atomic E-state index is 14.7. The fourth-order valence-electron chi connectivity index (χ4n) is 3.19. The first-order valence-corrected chi connectivity index (χ1v) is 8.28. The molecule has 1 aliphatic heterocycles. The van der Waals surface area contributed by atoms with Gasteiger partial charge in [0.15, 0.2) is 0 Å². The molecular weight excluding hydrogens is 523 g/mol. The van der Waals surface area contributed by atoms with Crippen molar-refractivity contribution in [1.82, 2.24) is 0 Å². The third kappa shape index (κ3) is 4.42. The van der Waals surface area contributed by atoms with Gasteiger partial charge in [-0.15, -0.1) is 0 Å². The quantitative estimate of drug-likeness (QED) is 0.364. The highest BCUT2D eigenvalue weighted by atomic mass is 19.4. The minimum absolute atomic E-state index is 0.814. The van der Waals surface area contributed by atoms with E-state index < -0.39 is 79.5 Å².